The van der Waals surface area contributed by atoms with E-state index < -0.39 is 0 Å². The first-order chi connectivity index (χ1) is 10.7. The van der Waals surface area contributed by atoms with Crippen LogP contribution in [0.25, 0.3) is 5.69 Å². The van der Waals surface area contributed by atoms with Crippen molar-refractivity contribution in [1.29, 1.82) is 5.26 Å². The van der Waals surface area contributed by atoms with Crippen molar-refractivity contribution in [3.05, 3.63) is 75.2 Å². The Morgan fingerprint density at radius 2 is 1.82 bits per heavy atom. The molecule has 0 radical (unpaired) electrons. The van der Waals surface area contributed by atoms with Crippen molar-refractivity contribution < 1.29 is 0 Å². The number of hydrogen-bond donors (Lipinski definition) is 0. The van der Waals surface area contributed by atoms with Crippen LogP contribution in [-0.2, 0) is 6.54 Å². The maximum atomic E-state index is 12.3. The van der Waals surface area contributed by atoms with E-state index >= 15 is 0 Å². The van der Waals surface area contributed by atoms with Crippen LogP contribution in [0.4, 0.5) is 0 Å². The molecule has 3 aromatic rings. The van der Waals surface area contributed by atoms with E-state index in [2.05, 4.69) is 10.4 Å². The second-order valence-electron chi connectivity index (χ2n) is 4.59. The van der Waals surface area contributed by atoms with Gasteiger partial charge in [0.05, 0.1) is 28.9 Å². The van der Waals surface area contributed by atoms with E-state index in [9.17, 15) is 4.79 Å². The fraction of sp³-hybridized carbons (Fsp3) is 0.0667. The zero-order chi connectivity index (χ0) is 15.5. The number of para-hydroxylation sites is 1. The van der Waals surface area contributed by atoms with Crippen LogP contribution in [0.1, 0.15) is 11.1 Å². The first kappa shape index (κ1) is 14.0. The lowest BCUT2D eigenvalue weighted by Crippen LogP contribution is -2.24. The predicted octanol–water partition coefficient (Wildman–Crippen LogP) is 2.00. The van der Waals surface area contributed by atoms with Gasteiger partial charge in [0, 0.05) is 0 Å². The molecule has 0 saturated carbocycles. The summed E-state index contributed by atoms with van der Waals surface area (Å²) >= 11 is 6.07. The SMILES string of the molecule is N#Cc1ccc(Cn2nnn(-c3ccccc3Cl)c2=O)cc1. The Hall–Kier alpha value is -2.91. The molecule has 0 N–H and O–H groups in total. The number of nitriles is 1. The minimum atomic E-state index is -0.377. The zero-order valence-electron chi connectivity index (χ0n) is 11.3. The Balaban J connectivity index is 1.92. The molecule has 0 aliphatic carbocycles. The topological polar surface area (TPSA) is 76.5 Å². The Labute approximate surface area is 130 Å². The van der Waals surface area contributed by atoms with E-state index in [1.165, 1.54) is 4.68 Å². The van der Waals surface area contributed by atoms with Gasteiger partial charge in [0.2, 0.25) is 0 Å². The van der Waals surface area contributed by atoms with Crippen LogP contribution in [0.5, 0.6) is 0 Å². The summed E-state index contributed by atoms with van der Waals surface area (Å²) in [6.45, 7) is 0.273. The van der Waals surface area contributed by atoms with Gasteiger partial charge in [-0.15, -0.1) is 0 Å². The summed E-state index contributed by atoms with van der Waals surface area (Å²) in [5.74, 6) is 0. The number of rotatable bonds is 3. The van der Waals surface area contributed by atoms with Crippen molar-refractivity contribution in [2.75, 3.05) is 0 Å². The van der Waals surface area contributed by atoms with Crippen molar-refractivity contribution in [1.82, 2.24) is 19.8 Å². The highest BCUT2D eigenvalue weighted by atomic mass is 35.5. The summed E-state index contributed by atoms with van der Waals surface area (Å²) in [5.41, 5.74) is 1.53. The smallest absolute Gasteiger partial charge is 0.244 e. The van der Waals surface area contributed by atoms with E-state index in [0.29, 0.717) is 16.3 Å². The van der Waals surface area contributed by atoms with Crippen molar-refractivity contribution in [2.24, 2.45) is 0 Å². The number of tetrazole rings is 1. The molecule has 7 heteroatoms. The standard InChI is InChI=1S/C15H10ClN5O/c16-13-3-1-2-4-14(13)21-15(22)20(18-19-21)10-12-7-5-11(9-17)6-8-12/h1-8H,10H2. The summed E-state index contributed by atoms with van der Waals surface area (Å²) in [4.78, 5) is 12.3. The first-order valence-electron chi connectivity index (χ1n) is 6.46. The summed E-state index contributed by atoms with van der Waals surface area (Å²) in [7, 11) is 0. The Morgan fingerprint density at radius 3 is 2.50 bits per heavy atom. The lowest BCUT2D eigenvalue weighted by Gasteiger charge is -2.01. The van der Waals surface area contributed by atoms with Gasteiger partial charge < -0.3 is 0 Å². The maximum absolute atomic E-state index is 12.3. The molecule has 1 aromatic heterocycles. The summed E-state index contributed by atoms with van der Waals surface area (Å²) in [5, 5.41) is 16.9. The van der Waals surface area contributed by atoms with E-state index in [-0.39, 0.29) is 12.2 Å². The van der Waals surface area contributed by atoms with Crippen LogP contribution < -0.4 is 5.69 Å². The van der Waals surface area contributed by atoms with Crippen molar-refractivity contribution in [2.45, 2.75) is 6.54 Å². The molecular weight excluding hydrogens is 302 g/mol. The van der Waals surface area contributed by atoms with Gasteiger partial charge >= 0.3 is 5.69 Å². The second-order valence-corrected chi connectivity index (χ2v) is 5.00. The molecule has 0 aliphatic heterocycles. The largest absolute Gasteiger partial charge is 0.368 e. The molecule has 0 unspecified atom stereocenters. The van der Waals surface area contributed by atoms with E-state index in [4.69, 9.17) is 16.9 Å². The highest BCUT2D eigenvalue weighted by molar-refractivity contribution is 6.32. The Bertz CT molecular complexity index is 905. The van der Waals surface area contributed by atoms with Gasteiger partial charge in [-0.1, -0.05) is 35.9 Å². The molecule has 0 amide bonds. The number of aromatic nitrogens is 4. The Morgan fingerprint density at radius 1 is 1.09 bits per heavy atom. The third-order valence-corrected chi connectivity index (χ3v) is 3.46. The summed E-state index contributed by atoms with van der Waals surface area (Å²) in [6, 6.07) is 15.9. The molecule has 6 nitrogen and oxygen atoms in total. The monoisotopic (exact) mass is 311 g/mol. The molecule has 0 bridgehead atoms. The van der Waals surface area contributed by atoms with Gasteiger partial charge in [0.15, 0.2) is 0 Å². The Kier molecular flexibility index (Phi) is 3.73. The quantitative estimate of drug-likeness (QED) is 0.741. The highest BCUT2D eigenvalue weighted by Crippen LogP contribution is 2.16. The average molecular weight is 312 g/mol. The third kappa shape index (κ3) is 2.62. The van der Waals surface area contributed by atoms with Gasteiger partial charge in [-0.2, -0.15) is 14.6 Å². The van der Waals surface area contributed by atoms with Crippen LogP contribution in [0, 0.1) is 11.3 Å². The molecule has 108 valence electrons. The van der Waals surface area contributed by atoms with Crippen molar-refractivity contribution in [3.63, 3.8) is 0 Å². The normalized spacial score (nSPS) is 10.4. The van der Waals surface area contributed by atoms with E-state index in [1.54, 1.807) is 48.5 Å². The minimum Gasteiger partial charge on any atom is -0.244 e. The molecule has 0 fully saturated rings. The first-order valence-corrected chi connectivity index (χ1v) is 6.83. The highest BCUT2D eigenvalue weighted by Gasteiger charge is 2.11. The minimum absolute atomic E-state index is 0.273. The van der Waals surface area contributed by atoms with Crippen LogP contribution in [0.2, 0.25) is 5.02 Å². The van der Waals surface area contributed by atoms with Gasteiger partial charge in [0.1, 0.15) is 0 Å². The van der Waals surface area contributed by atoms with E-state index in [1.807, 2.05) is 6.07 Å². The average Bonchev–Trinajstić information content (AvgIpc) is 2.90. The maximum Gasteiger partial charge on any atom is 0.368 e. The van der Waals surface area contributed by atoms with Gasteiger partial charge in [-0.05, 0) is 40.3 Å². The lowest BCUT2D eigenvalue weighted by molar-refractivity contribution is 0.632. The number of benzene rings is 2. The van der Waals surface area contributed by atoms with Crippen LogP contribution >= 0.6 is 11.6 Å². The second kappa shape index (κ2) is 5.84. The number of nitrogens with zero attached hydrogens (tertiary/aromatic N) is 5. The molecule has 3 rings (SSSR count). The molecule has 1 heterocycles. The number of hydrogen-bond acceptors (Lipinski definition) is 4. The van der Waals surface area contributed by atoms with Gasteiger partial charge in [-0.25, -0.2) is 4.79 Å². The predicted molar refractivity (Wildman–Crippen MR) is 80.9 cm³/mol. The van der Waals surface area contributed by atoms with Crippen LogP contribution in [0.15, 0.2) is 53.3 Å². The third-order valence-electron chi connectivity index (χ3n) is 3.14. The van der Waals surface area contributed by atoms with Crippen LogP contribution in [0.3, 0.4) is 0 Å². The number of halogens is 1. The molecule has 2 aromatic carbocycles. The molecular formula is C15H10ClN5O. The fourth-order valence-electron chi connectivity index (χ4n) is 2.01. The summed E-state index contributed by atoms with van der Waals surface area (Å²) < 4.78 is 2.40. The van der Waals surface area contributed by atoms with Crippen molar-refractivity contribution >= 4 is 11.6 Å². The van der Waals surface area contributed by atoms with Gasteiger partial charge in [-0.3, -0.25) is 0 Å². The molecule has 0 aliphatic rings. The molecule has 22 heavy (non-hydrogen) atoms. The summed E-state index contributed by atoms with van der Waals surface area (Å²) in [6.07, 6.45) is 0. The fourth-order valence-corrected chi connectivity index (χ4v) is 2.22. The molecule has 0 saturated heterocycles. The zero-order valence-corrected chi connectivity index (χ0v) is 12.1. The van der Waals surface area contributed by atoms with Crippen LogP contribution in [-0.4, -0.2) is 19.8 Å². The van der Waals surface area contributed by atoms with Crippen molar-refractivity contribution in [3.8, 4) is 11.8 Å². The lowest BCUT2D eigenvalue weighted by atomic mass is 10.1. The van der Waals surface area contributed by atoms with E-state index in [0.717, 1.165) is 10.2 Å². The molecule has 0 spiro atoms. The van der Waals surface area contributed by atoms with Gasteiger partial charge in [0.25, 0.3) is 0 Å². The molecule has 0 atom stereocenters.